The summed E-state index contributed by atoms with van der Waals surface area (Å²) in [6.45, 7) is 0.588. The Morgan fingerprint density at radius 2 is 1.88 bits per heavy atom. The first-order valence-electron chi connectivity index (χ1n) is 9.21. The van der Waals surface area contributed by atoms with Crippen molar-refractivity contribution in [1.29, 1.82) is 0 Å². The predicted molar refractivity (Wildman–Crippen MR) is 105 cm³/mol. The molecule has 4 rings (SSSR count). The van der Waals surface area contributed by atoms with Crippen LogP contribution in [0.25, 0.3) is 0 Å². The quantitative estimate of drug-likeness (QED) is 0.820. The highest BCUT2D eigenvalue weighted by Gasteiger charge is 2.37. The third-order valence-corrected chi connectivity index (χ3v) is 6.05. The molecule has 2 N–H and O–H groups in total. The van der Waals surface area contributed by atoms with Gasteiger partial charge in [-0.05, 0) is 50.2 Å². The maximum absolute atomic E-state index is 12.6. The second-order valence-electron chi connectivity index (χ2n) is 7.53. The summed E-state index contributed by atoms with van der Waals surface area (Å²) in [5.41, 5.74) is 0.723. The number of fused-ring (bicyclic) bond motifs is 2. The van der Waals surface area contributed by atoms with Gasteiger partial charge in [-0.2, -0.15) is 0 Å². The summed E-state index contributed by atoms with van der Waals surface area (Å²) in [5, 5.41) is 7.11. The lowest BCUT2D eigenvalue weighted by Crippen LogP contribution is -2.44. The zero-order valence-electron chi connectivity index (χ0n) is 14.6. The molecular formula is C19H25Cl2N3O2. The molecule has 2 amide bonds. The molecule has 3 saturated heterocycles. The molecule has 1 aromatic carbocycles. The Morgan fingerprint density at radius 1 is 1.19 bits per heavy atom. The van der Waals surface area contributed by atoms with Crippen LogP contribution in [0.2, 0.25) is 5.02 Å². The van der Waals surface area contributed by atoms with Crippen LogP contribution in [0.1, 0.15) is 38.5 Å². The maximum Gasteiger partial charge on any atom is 0.249 e. The molecule has 3 unspecified atom stereocenters. The number of nitrogens with one attached hydrogen (secondary N) is 2. The van der Waals surface area contributed by atoms with Gasteiger partial charge in [0, 0.05) is 25.0 Å². The molecule has 0 spiro atoms. The van der Waals surface area contributed by atoms with Gasteiger partial charge in [-0.3, -0.25) is 9.59 Å². The Morgan fingerprint density at radius 3 is 2.58 bits per heavy atom. The molecule has 0 aromatic heterocycles. The summed E-state index contributed by atoms with van der Waals surface area (Å²) in [6, 6.07) is 8.07. The average Bonchev–Trinajstić information content (AvgIpc) is 3.11. The summed E-state index contributed by atoms with van der Waals surface area (Å²) < 4.78 is 0. The molecule has 5 nitrogen and oxygen atoms in total. The molecule has 0 radical (unpaired) electrons. The first-order chi connectivity index (χ1) is 12.1. The van der Waals surface area contributed by atoms with Crippen molar-refractivity contribution in [2.24, 2.45) is 5.92 Å². The summed E-state index contributed by atoms with van der Waals surface area (Å²) in [6.07, 6.45) is 5.79. The van der Waals surface area contributed by atoms with Crippen molar-refractivity contribution in [3.63, 3.8) is 0 Å². The van der Waals surface area contributed by atoms with Crippen molar-refractivity contribution in [1.82, 2.24) is 10.6 Å². The molecule has 7 heteroatoms. The van der Waals surface area contributed by atoms with E-state index in [0.29, 0.717) is 42.4 Å². The van der Waals surface area contributed by atoms with Gasteiger partial charge in [-0.15, -0.1) is 12.4 Å². The Labute approximate surface area is 165 Å². The lowest BCUT2D eigenvalue weighted by molar-refractivity contribution is -0.127. The fourth-order valence-corrected chi connectivity index (χ4v) is 4.82. The lowest BCUT2D eigenvalue weighted by Gasteiger charge is -2.28. The van der Waals surface area contributed by atoms with E-state index in [4.69, 9.17) is 11.6 Å². The number of carbonyl (C=O) groups excluding carboxylic acids is 2. The zero-order chi connectivity index (χ0) is 17.4. The van der Waals surface area contributed by atoms with E-state index in [0.717, 1.165) is 18.5 Å². The first kappa shape index (κ1) is 19.5. The maximum atomic E-state index is 12.6. The molecule has 0 saturated carbocycles. The molecule has 142 valence electrons. The second-order valence-corrected chi connectivity index (χ2v) is 7.94. The number of para-hydroxylation sites is 1. The SMILES string of the molecule is Cl.O=C(CC1CC2CCC(C1)N2)NC1CCN(c2ccccc2Cl)C1=O. The van der Waals surface area contributed by atoms with Crippen LogP contribution in [-0.2, 0) is 9.59 Å². The number of hydrogen-bond acceptors (Lipinski definition) is 3. The number of halogens is 2. The standard InChI is InChI=1S/C19H24ClN3O2.ClH/c20-15-3-1-2-4-17(15)23-8-7-16(19(23)25)22-18(24)11-12-9-13-5-6-14(10-12)21-13;/h1-4,12-14,16,21H,5-11H2,(H,22,24);1H. The monoisotopic (exact) mass is 397 g/mol. The van der Waals surface area contributed by atoms with Gasteiger partial charge < -0.3 is 15.5 Å². The van der Waals surface area contributed by atoms with Crippen LogP contribution in [-0.4, -0.2) is 36.5 Å². The molecular weight excluding hydrogens is 373 g/mol. The first-order valence-corrected chi connectivity index (χ1v) is 9.59. The molecule has 3 fully saturated rings. The average molecular weight is 398 g/mol. The predicted octanol–water partition coefficient (Wildman–Crippen LogP) is 2.90. The number of hydrogen-bond donors (Lipinski definition) is 2. The molecule has 3 aliphatic heterocycles. The van der Waals surface area contributed by atoms with Gasteiger partial charge in [0.25, 0.3) is 0 Å². The van der Waals surface area contributed by atoms with E-state index in [9.17, 15) is 9.59 Å². The van der Waals surface area contributed by atoms with Crippen LogP contribution >= 0.6 is 24.0 Å². The minimum Gasteiger partial charge on any atom is -0.344 e. The lowest BCUT2D eigenvalue weighted by atomic mass is 9.89. The van der Waals surface area contributed by atoms with Crippen LogP contribution in [0.3, 0.4) is 0 Å². The summed E-state index contributed by atoms with van der Waals surface area (Å²) >= 11 is 6.20. The number of benzene rings is 1. The number of piperidine rings is 1. The van der Waals surface area contributed by atoms with Crippen molar-refractivity contribution in [2.75, 3.05) is 11.4 Å². The number of amides is 2. The van der Waals surface area contributed by atoms with Crippen LogP contribution in [0.5, 0.6) is 0 Å². The normalized spacial score (nSPS) is 30.2. The third-order valence-electron chi connectivity index (χ3n) is 5.73. The molecule has 26 heavy (non-hydrogen) atoms. The molecule has 3 aliphatic rings. The summed E-state index contributed by atoms with van der Waals surface area (Å²) in [5.74, 6) is 0.382. The smallest absolute Gasteiger partial charge is 0.249 e. The Kier molecular flexibility index (Phi) is 6.10. The van der Waals surface area contributed by atoms with Gasteiger partial charge in [0.15, 0.2) is 0 Å². The Balaban J connectivity index is 0.00000196. The summed E-state index contributed by atoms with van der Waals surface area (Å²) in [4.78, 5) is 26.7. The third kappa shape index (κ3) is 4.00. The summed E-state index contributed by atoms with van der Waals surface area (Å²) in [7, 11) is 0. The van der Waals surface area contributed by atoms with E-state index in [1.54, 1.807) is 11.0 Å². The molecule has 3 heterocycles. The fourth-order valence-electron chi connectivity index (χ4n) is 4.58. The van der Waals surface area contributed by atoms with Crippen LogP contribution < -0.4 is 15.5 Å². The van der Waals surface area contributed by atoms with E-state index in [1.807, 2.05) is 18.2 Å². The van der Waals surface area contributed by atoms with Gasteiger partial charge in [0.2, 0.25) is 11.8 Å². The van der Waals surface area contributed by atoms with Crippen LogP contribution in [0.4, 0.5) is 5.69 Å². The van der Waals surface area contributed by atoms with Gasteiger partial charge in [-0.1, -0.05) is 23.7 Å². The van der Waals surface area contributed by atoms with Crippen molar-refractivity contribution in [2.45, 2.75) is 56.7 Å². The van der Waals surface area contributed by atoms with E-state index < -0.39 is 6.04 Å². The number of anilines is 1. The number of carbonyl (C=O) groups is 2. The number of rotatable bonds is 4. The molecule has 3 atom stereocenters. The van der Waals surface area contributed by atoms with E-state index in [1.165, 1.54) is 12.8 Å². The second kappa shape index (κ2) is 8.15. The van der Waals surface area contributed by atoms with Crippen molar-refractivity contribution in [3.8, 4) is 0 Å². The minimum absolute atomic E-state index is 0. The zero-order valence-corrected chi connectivity index (χ0v) is 16.2. The fraction of sp³-hybridized carbons (Fsp3) is 0.579. The largest absolute Gasteiger partial charge is 0.344 e. The molecule has 0 aliphatic carbocycles. The highest BCUT2D eigenvalue weighted by Crippen LogP contribution is 2.33. The van der Waals surface area contributed by atoms with Gasteiger partial charge in [0.05, 0.1) is 10.7 Å². The van der Waals surface area contributed by atoms with E-state index in [2.05, 4.69) is 10.6 Å². The van der Waals surface area contributed by atoms with Crippen molar-refractivity contribution in [3.05, 3.63) is 29.3 Å². The van der Waals surface area contributed by atoms with Gasteiger partial charge in [-0.25, -0.2) is 0 Å². The molecule has 2 bridgehead atoms. The minimum atomic E-state index is -0.429. The number of nitrogens with zero attached hydrogens (tertiary/aromatic N) is 1. The topological polar surface area (TPSA) is 61.4 Å². The van der Waals surface area contributed by atoms with Gasteiger partial charge >= 0.3 is 0 Å². The molecule has 1 aromatic rings. The highest BCUT2D eigenvalue weighted by atomic mass is 35.5. The van der Waals surface area contributed by atoms with E-state index >= 15 is 0 Å². The van der Waals surface area contributed by atoms with E-state index in [-0.39, 0.29) is 24.2 Å². The highest BCUT2D eigenvalue weighted by molar-refractivity contribution is 6.34. The Hall–Kier alpha value is -1.30. The van der Waals surface area contributed by atoms with Crippen LogP contribution in [0, 0.1) is 5.92 Å². The van der Waals surface area contributed by atoms with Crippen molar-refractivity contribution < 1.29 is 9.59 Å². The van der Waals surface area contributed by atoms with Crippen LogP contribution in [0.15, 0.2) is 24.3 Å². The van der Waals surface area contributed by atoms with Crippen molar-refractivity contribution >= 4 is 41.5 Å². The Bertz CT molecular complexity index is 673. The van der Waals surface area contributed by atoms with Gasteiger partial charge in [0.1, 0.15) is 6.04 Å².